The van der Waals surface area contributed by atoms with Gasteiger partial charge < -0.3 is 0 Å². The molecule has 0 bridgehead atoms. The van der Waals surface area contributed by atoms with Gasteiger partial charge in [-0.3, -0.25) is 0 Å². The molecule has 1 aliphatic rings. The fraction of sp³-hybridized carbons (Fsp3) is 0.500. The maximum atomic E-state index is 8.82. The summed E-state index contributed by atoms with van der Waals surface area (Å²) in [5, 5.41) is 12.9. The Hall–Kier alpha value is -0.810. The molecule has 2 rings (SSSR count). The molecule has 1 saturated carbocycles. The Balaban J connectivity index is 2.27. The average Bonchev–Trinajstić information content (AvgIpc) is 2.74. The van der Waals surface area contributed by atoms with E-state index in [0.29, 0.717) is 5.92 Å². The molecule has 1 nitrogen and oxygen atoms in total. The lowest BCUT2D eigenvalue weighted by molar-refractivity contribution is 0.724. The zero-order chi connectivity index (χ0) is 8.39. The van der Waals surface area contributed by atoms with Gasteiger partial charge in [-0.2, -0.15) is 16.6 Å². The van der Waals surface area contributed by atoms with E-state index in [9.17, 15) is 0 Å². The van der Waals surface area contributed by atoms with Crippen LogP contribution in [-0.4, -0.2) is 0 Å². The van der Waals surface area contributed by atoms with Crippen molar-refractivity contribution in [3.8, 4) is 6.07 Å². The van der Waals surface area contributed by atoms with Crippen molar-refractivity contribution in [3.05, 3.63) is 21.9 Å². The quantitative estimate of drug-likeness (QED) is 0.645. The van der Waals surface area contributed by atoms with Crippen LogP contribution in [0.15, 0.2) is 10.8 Å². The van der Waals surface area contributed by atoms with Crippen molar-refractivity contribution in [3.63, 3.8) is 0 Å². The van der Waals surface area contributed by atoms with Crippen molar-refractivity contribution in [1.82, 2.24) is 0 Å². The minimum atomic E-state index is 0.686. The van der Waals surface area contributed by atoms with Gasteiger partial charge in [-0.1, -0.05) is 12.8 Å². The molecular formula is C10H11NS. The second kappa shape index (κ2) is 3.28. The van der Waals surface area contributed by atoms with Gasteiger partial charge in [0.05, 0.1) is 5.56 Å². The van der Waals surface area contributed by atoms with Crippen LogP contribution >= 0.6 is 11.3 Å². The normalized spacial score (nSPS) is 17.9. The molecule has 0 spiro atoms. The van der Waals surface area contributed by atoms with Crippen LogP contribution < -0.4 is 0 Å². The van der Waals surface area contributed by atoms with Crippen LogP contribution in [0.3, 0.4) is 0 Å². The molecule has 0 aromatic carbocycles. The van der Waals surface area contributed by atoms with Gasteiger partial charge in [-0.05, 0) is 29.7 Å². The fourth-order valence-electron chi connectivity index (χ4n) is 1.95. The first kappa shape index (κ1) is 7.82. The summed E-state index contributed by atoms with van der Waals surface area (Å²) >= 11 is 1.66. The zero-order valence-electron chi connectivity index (χ0n) is 6.92. The van der Waals surface area contributed by atoms with Crippen LogP contribution in [0.4, 0.5) is 0 Å². The SMILES string of the molecule is N#Cc1cscc1C1CCCC1. The predicted octanol–water partition coefficient (Wildman–Crippen LogP) is 3.28. The molecule has 1 heterocycles. The molecule has 0 saturated heterocycles. The summed E-state index contributed by atoms with van der Waals surface area (Å²) in [6.45, 7) is 0. The Morgan fingerprint density at radius 3 is 2.75 bits per heavy atom. The summed E-state index contributed by atoms with van der Waals surface area (Å²) in [5.74, 6) is 0.686. The van der Waals surface area contributed by atoms with Crippen LogP contribution in [0.2, 0.25) is 0 Å². The number of nitrogens with zero attached hydrogens (tertiary/aromatic N) is 1. The van der Waals surface area contributed by atoms with Gasteiger partial charge in [0.25, 0.3) is 0 Å². The van der Waals surface area contributed by atoms with Gasteiger partial charge in [0.2, 0.25) is 0 Å². The molecule has 1 aliphatic carbocycles. The van der Waals surface area contributed by atoms with Crippen molar-refractivity contribution in [2.75, 3.05) is 0 Å². The molecule has 2 heteroatoms. The molecule has 62 valence electrons. The third-order valence-corrected chi connectivity index (χ3v) is 3.37. The summed E-state index contributed by atoms with van der Waals surface area (Å²) in [6.07, 6.45) is 5.24. The first-order valence-electron chi connectivity index (χ1n) is 4.38. The van der Waals surface area contributed by atoms with Gasteiger partial charge in [0.1, 0.15) is 6.07 Å². The molecule has 0 atom stereocenters. The number of hydrogen-bond donors (Lipinski definition) is 0. The van der Waals surface area contributed by atoms with E-state index in [1.807, 2.05) is 5.38 Å². The molecule has 0 radical (unpaired) electrons. The highest BCUT2D eigenvalue weighted by molar-refractivity contribution is 7.08. The summed E-state index contributed by atoms with van der Waals surface area (Å²) in [5.41, 5.74) is 2.21. The van der Waals surface area contributed by atoms with Crippen LogP contribution in [0.1, 0.15) is 42.7 Å². The van der Waals surface area contributed by atoms with E-state index >= 15 is 0 Å². The molecule has 0 aliphatic heterocycles. The Morgan fingerprint density at radius 1 is 1.33 bits per heavy atom. The second-order valence-electron chi connectivity index (χ2n) is 3.33. The van der Waals surface area contributed by atoms with E-state index in [2.05, 4.69) is 11.4 Å². The summed E-state index contributed by atoms with van der Waals surface area (Å²) < 4.78 is 0. The molecule has 12 heavy (non-hydrogen) atoms. The average molecular weight is 177 g/mol. The van der Waals surface area contributed by atoms with Gasteiger partial charge >= 0.3 is 0 Å². The van der Waals surface area contributed by atoms with E-state index < -0.39 is 0 Å². The van der Waals surface area contributed by atoms with Crippen molar-refractivity contribution >= 4 is 11.3 Å². The molecule has 0 unspecified atom stereocenters. The minimum absolute atomic E-state index is 0.686. The molecule has 0 amide bonds. The highest BCUT2D eigenvalue weighted by Gasteiger charge is 2.20. The number of hydrogen-bond acceptors (Lipinski definition) is 2. The first-order valence-corrected chi connectivity index (χ1v) is 5.32. The maximum absolute atomic E-state index is 8.82. The fourth-order valence-corrected chi connectivity index (χ4v) is 2.81. The molecule has 1 fully saturated rings. The standard InChI is InChI=1S/C10H11NS/c11-5-9-6-12-7-10(9)8-3-1-2-4-8/h6-8H,1-4H2. The monoisotopic (exact) mass is 177 g/mol. The lowest BCUT2D eigenvalue weighted by Gasteiger charge is -2.05. The second-order valence-corrected chi connectivity index (χ2v) is 4.08. The Morgan fingerprint density at radius 2 is 2.08 bits per heavy atom. The lowest BCUT2D eigenvalue weighted by Crippen LogP contribution is -1.91. The summed E-state index contributed by atoms with van der Waals surface area (Å²) in [4.78, 5) is 0. The summed E-state index contributed by atoms with van der Waals surface area (Å²) in [7, 11) is 0. The Bertz CT molecular complexity index is 302. The van der Waals surface area contributed by atoms with Crippen LogP contribution in [0.25, 0.3) is 0 Å². The van der Waals surface area contributed by atoms with Gasteiger partial charge in [-0.15, -0.1) is 0 Å². The van der Waals surface area contributed by atoms with Gasteiger partial charge in [0, 0.05) is 5.38 Å². The number of rotatable bonds is 1. The molecular weight excluding hydrogens is 166 g/mol. The van der Waals surface area contributed by atoms with Crippen molar-refractivity contribution in [2.45, 2.75) is 31.6 Å². The highest BCUT2D eigenvalue weighted by Crippen LogP contribution is 2.36. The minimum Gasteiger partial charge on any atom is -0.192 e. The molecule has 1 aromatic heterocycles. The Labute approximate surface area is 76.6 Å². The largest absolute Gasteiger partial charge is 0.192 e. The number of nitriles is 1. The van der Waals surface area contributed by atoms with E-state index in [4.69, 9.17) is 5.26 Å². The highest BCUT2D eigenvalue weighted by atomic mass is 32.1. The van der Waals surface area contributed by atoms with Crippen molar-refractivity contribution < 1.29 is 0 Å². The van der Waals surface area contributed by atoms with Crippen molar-refractivity contribution in [1.29, 1.82) is 5.26 Å². The molecule has 1 aromatic rings. The van der Waals surface area contributed by atoms with Crippen LogP contribution in [0, 0.1) is 11.3 Å². The van der Waals surface area contributed by atoms with E-state index in [1.54, 1.807) is 11.3 Å². The topological polar surface area (TPSA) is 23.8 Å². The zero-order valence-corrected chi connectivity index (χ0v) is 7.73. The van der Waals surface area contributed by atoms with Gasteiger partial charge in [-0.25, -0.2) is 0 Å². The van der Waals surface area contributed by atoms with E-state index in [1.165, 1.54) is 31.2 Å². The molecule has 0 N–H and O–H groups in total. The lowest BCUT2D eigenvalue weighted by atomic mass is 9.97. The number of thiophene rings is 1. The third-order valence-electron chi connectivity index (χ3n) is 2.61. The third kappa shape index (κ3) is 1.25. The van der Waals surface area contributed by atoms with Gasteiger partial charge in [0.15, 0.2) is 0 Å². The smallest absolute Gasteiger partial charge is 0.100 e. The summed E-state index contributed by atoms with van der Waals surface area (Å²) in [6, 6.07) is 2.26. The van der Waals surface area contributed by atoms with Crippen molar-refractivity contribution in [2.24, 2.45) is 0 Å². The van der Waals surface area contributed by atoms with E-state index in [-0.39, 0.29) is 0 Å². The predicted molar refractivity (Wildman–Crippen MR) is 50.2 cm³/mol. The van der Waals surface area contributed by atoms with Crippen LogP contribution in [-0.2, 0) is 0 Å². The first-order chi connectivity index (χ1) is 5.92. The van der Waals surface area contributed by atoms with E-state index in [0.717, 1.165) is 5.56 Å². The maximum Gasteiger partial charge on any atom is 0.100 e. The van der Waals surface area contributed by atoms with Crippen LogP contribution in [0.5, 0.6) is 0 Å². The Kier molecular flexibility index (Phi) is 2.14.